The molecule has 0 radical (unpaired) electrons. The highest BCUT2D eigenvalue weighted by Gasteiger charge is 2.30. The van der Waals surface area contributed by atoms with Crippen molar-refractivity contribution in [1.29, 1.82) is 0 Å². The first kappa shape index (κ1) is 8.54. The third-order valence-corrected chi connectivity index (χ3v) is 3.36. The second-order valence-electron chi connectivity index (χ2n) is 3.56. The molecule has 0 unspecified atom stereocenters. The molecule has 10 heavy (non-hydrogen) atoms. The van der Waals surface area contributed by atoms with Gasteiger partial charge in [0.2, 0.25) is 0 Å². The van der Waals surface area contributed by atoms with Crippen LogP contribution in [0.3, 0.4) is 0 Å². The first-order valence-corrected chi connectivity index (χ1v) is 5.07. The Labute approximate surface area is 70.9 Å². The Balaban J connectivity index is 2.45. The van der Waals surface area contributed by atoms with Gasteiger partial charge in [0, 0.05) is 5.33 Å². The molecule has 0 heterocycles. The van der Waals surface area contributed by atoms with E-state index in [1.54, 1.807) is 0 Å². The molecule has 1 rings (SSSR count). The molecule has 1 N–H and O–H groups in total. The van der Waals surface area contributed by atoms with E-state index in [9.17, 15) is 5.11 Å². The van der Waals surface area contributed by atoms with Gasteiger partial charge in [-0.1, -0.05) is 35.7 Å². The minimum atomic E-state index is -0.391. The zero-order chi connectivity index (χ0) is 7.61. The van der Waals surface area contributed by atoms with Gasteiger partial charge in [-0.05, 0) is 18.8 Å². The number of hydrogen-bond acceptors (Lipinski definition) is 1. The molecule has 1 aliphatic carbocycles. The summed E-state index contributed by atoms with van der Waals surface area (Å²) >= 11 is 3.34. The third kappa shape index (κ3) is 1.96. The second-order valence-corrected chi connectivity index (χ2v) is 4.12. The Morgan fingerprint density at radius 1 is 1.70 bits per heavy atom. The van der Waals surface area contributed by atoms with Gasteiger partial charge in [-0.25, -0.2) is 0 Å². The minimum Gasteiger partial charge on any atom is -0.389 e. The normalized spacial score (nSPS) is 41.7. The van der Waals surface area contributed by atoms with E-state index in [2.05, 4.69) is 22.9 Å². The van der Waals surface area contributed by atoms with E-state index in [1.807, 2.05) is 0 Å². The molecule has 1 nitrogen and oxygen atoms in total. The molecule has 0 bridgehead atoms. The predicted octanol–water partition coefficient (Wildman–Crippen LogP) is 2.32. The average Bonchev–Trinajstić information content (AvgIpc) is 1.88. The van der Waals surface area contributed by atoms with Gasteiger partial charge >= 0.3 is 0 Å². The topological polar surface area (TPSA) is 20.2 Å². The summed E-state index contributed by atoms with van der Waals surface area (Å²) in [6.07, 6.45) is 4.42. The van der Waals surface area contributed by atoms with Crippen LogP contribution in [-0.2, 0) is 0 Å². The average molecular weight is 207 g/mol. The predicted molar refractivity (Wildman–Crippen MR) is 46.4 cm³/mol. The first-order chi connectivity index (χ1) is 4.66. The smallest absolute Gasteiger partial charge is 0.0746 e. The molecular weight excluding hydrogens is 192 g/mol. The summed E-state index contributed by atoms with van der Waals surface area (Å²) in [6.45, 7) is 2.22. The first-order valence-electron chi connectivity index (χ1n) is 3.95. The summed E-state index contributed by atoms with van der Waals surface area (Å²) in [5, 5.41) is 10.5. The summed E-state index contributed by atoms with van der Waals surface area (Å²) in [5.41, 5.74) is -0.391. The van der Waals surface area contributed by atoms with E-state index in [-0.39, 0.29) is 0 Å². The molecule has 2 atom stereocenters. The van der Waals surface area contributed by atoms with Crippen molar-refractivity contribution in [2.45, 2.75) is 38.2 Å². The molecule has 0 saturated heterocycles. The lowest BCUT2D eigenvalue weighted by Crippen LogP contribution is -2.35. The van der Waals surface area contributed by atoms with Gasteiger partial charge in [-0.15, -0.1) is 0 Å². The molecule has 0 aromatic heterocycles. The molecule has 1 fully saturated rings. The SMILES string of the molecule is C[C@@H]1CCC[C@](O)(CBr)C1. The largest absolute Gasteiger partial charge is 0.389 e. The summed E-state index contributed by atoms with van der Waals surface area (Å²) in [4.78, 5) is 0. The van der Waals surface area contributed by atoms with Gasteiger partial charge in [-0.2, -0.15) is 0 Å². The monoisotopic (exact) mass is 206 g/mol. The van der Waals surface area contributed by atoms with E-state index in [4.69, 9.17) is 0 Å². The van der Waals surface area contributed by atoms with Crippen LogP contribution in [0.2, 0.25) is 0 Å². The van der Waals surface area contributed by atoms with Crippen molar-refractivity contribution in [3.63, 3.8) is 0 Å². The van der Waals surface area contributed by atoms with Crippen LogP contribution in [0.25, 0.3) is 0 Å². The van der Waals surface area contributed by atoms with E-state index in [0.717, 1.165) is 18.2 Å². The molecule has 60 valence electrons. The fraction of sp³-hybridized carbons (Fsp3) is 1.00. The van der Waals surface area contributed by atoms with Gasteiger partial charge < -0.3 is 5.11 Å². The molecule has 1 saturated carbocycles. The van der Waals surface area contributed by atoms with Crippen LogP contribution in [0.5, 0.6) is 0 Å². The van der Waals surface area contributed by atoms with E-state index >= 15 is 0 Å². The van der Waals surface area contributed by atoms with Gasteiger partial charge in [-0.3, -0.25) is 0 Å². The summed E-state index contributed by atoms with van der Waals surface area (Å²) in [6, 6.07) is 0. The number of alkyl halides is 1. The number of halogens is 1. The van der Waals surface area contributed by atoms with Crippen molar-refractivity contribution < 1.29 is 5.11 Å². The van der Waals surface area contributed by atoms with Gasteiger partial charge in [0.1, 0.15) is 0 Å². The van der Waals surface area contributed by atoms with Crippen LogP contribution in [0.15, 0.2) is 0 Å². The highest BCUT2D eigenvalue weighted by Crippen LogP contribution is 2.33. The van der Waals surface area contributed by atoms with Crippen molar-refractivity contribution in [3.05, 3.63) is 0 Å². The van der Waals surface area contributed by atoms with Crippen LogP contribution in [0.1, 0.15) is 32.6 Å². The van der Waals surface area contributed by atoms with Crippen LogP contribution in [0, 0.1) is 5.92 Å². The highest BCUT2D eigenvalue weighted by atomic mass is 79.9. The zero-order valence-corrected chi connectivity index (χ0v) is 8.02. The minimum absolute atomic E-state index is 0.391. The Morgan fingerprint density at radius 2 is 2.40 bits per heavy atom. The number of aliphatic hydroxyl groups is 1. The lowest BCUT2D eigenvalue weighted by Gasteiger charge is -2.33. The van der Waals surface area contributed by atoms with Crippen molar-refractivity contribution in [2.24, 2.45) is 5.92 Å². The lowest BCUT2D eigenvalue weighted by atomic mass is 9.80. The standard InChI is InChI=1S/C8H15BrO/c1-7-3-2-4-8(10,5-7)6-9/h7,10H,2-6H2,1H3/t7-,8-/m1/s1. The van der Waals surface area contributed by atoms with Crippen molar-refractivity contribution in [3.8, 4) is 0 Å². The van der Waals surface area contributed by atoms with Crippen molar-refractivity contribution in [1.82, 2.24) is 0 Å². The Kier molecular flexibility index (Phi) is 2.75. The summed E-state index contributed by atoms with van der Waals surface area (Å²) in [5.74, 6) is 0.705. The Hall–Kier alpha value is 0.440. The van der Waals surface area contributed by atoms with Crippen LogP contribution < -0.4 is 0 Å². The Bertz CT molecular complexity index is 116. The van der Waals surface area contributed by atoms with E-state index in [0.29, 0.717) is 5.92 Å². The molecular formula is C8H15BrO. The fourth-order valence-corrected chi connectivity index (χ4v) is 2.26. The highest BCUT2D eigenvalue weighted by molar-refractivity contribution is 9.09. The summed E-state index contributed by atoms with van der Waals surface area (Å²) < 4.78 is 0. The zero-order valence-electron chi connectivity index (χ0n) is 6.44. The second kappa shape index (κ2) is 3.22. The van der Waals surface area contributed by atoms with Gasteiger partial charge in [0.15, 0.2) is 0 Å². The molecule has 0 aliphatic heterocycles. The quantitative estimate of drug-likeness (QED) is 0.654. The van der Waals surface area contributed by atoms with E-state index < -0.39 is 5.60 Å². The van der Waals surface area contributed by atoms with Crippen molar-refractivity contribution >= 4 is 15.9 Å². The maximum Gasteiger partial charge on any atom is 0.0746 e. The van der Waals surface area contributed by atoms with Crippen molar-refractivity contribution in [2.75, 3.05) is 5.33 Å². The molecule has 0 aromatic rings. The van der Waals surface area contributed by atoms with Crippen LogP contribution in [-0.4, -0.2) is 16.0 Å². The molecule has 0 amide bonds. The number of hydrogen-bond donors (Lipinski definition) is 1. The van der Waals surface area contributed by atoms with E-state index in [1.165, 1.54) is 12.8 Å². The Morgan fingerprint density at radius 3 is 2.80 bits per heavy atom. The third-order valence-electron chi connectivity index (χ3n) is 2.32. The maximum atomic E-state index is 9.80. The molecule has 1 aliphatic rings. The van der Waals surface area contributed by atoms with Gasteiger partial charge in [0.05, 0.1) is 5.60 Å². The molecule has 0 aromatic carbocycles. The van der Waals surface area contributed by atoms with Crippen LogP contribution >= 0.6 is 15.9 Å². The molecule has 2 heteroatoms. The lowest BCUT2D eigenvalue weighted by molar-refractivity contribution is 0.0102. The maximum absolute atomic E-state index is 9.80. The fourth-order valence-electron chi connectivity index (χ4n) is 1.75. The number of rotatable bonds is 1. The van der Waals surface area contributed by atoms with Crippen LogP contribution in [0.4, 0.5) is 0 Å². The van der Waals surface area contributed by atoms with Gasteiger partial charge in [0.25, 0.3) is 0 Å². The molecule has 0 spiro atoms. The summed E-state index contributed by atoms with van der Waals surface area (Å²) in [7, 11) is 0.